The van der Waals surface area contributed by atoms with Gasteiger partial charge < -0.3 is 9.64 Å². The number of nitriles is 1. The molecule has 1 fully saturated rings. The summed E-state index contributed by atoms with van der Waals surface area (Å²) in [7, 11) is 2.02. The third-order valence-electron chi connectivity index (χ3n) is 3.12. The quantitative estimate of drug-likeness (QED) is 0.860. The minimum absolute atomic E-state index is 0.330. The van der Waals surface area contributed by atoms with E-state index in [1.807, 2.05) is 13.1 Å². The van der Waals surface area contributed by atoms with Crippen LogP contribution in [0.5, 0.6) is 0 Å². The number of aryl methyl sites for hydroxylation is 1. The molecule has 3 nitrogen and oxygen atoms in total. The molecule has 0 spiro atoms. The average molecular weight is 295 g/mol. The maximum atomic E-state index is 9.19. The Balaban J connectivity index is 2.17. The van der Waals surface area contributed by atoms with E-state index in [4.69, 9.17) is 4.74 Å². The summed E-state index contributed by atoms with van der Waals surface area (Å²) >= 11 is 3.48. The van der Waals surface area contributed by atoms with E-state index in [0.29, 0.717) is 19.8 Å². The second kappa shape index (κ2) is 4.67. The van der Waals surface area contributed by atoms with Crippen molar-refractivity contribution in [3.8, 4) is 6.07 Å². The molecule has 0 N–H and O–H groups in total. The van der Waals surface area contributed by atoms with Gasteiger partial charge in [-0.25, -0.2) is 0 Å². The molecule has 0 aliphatic carbocycles. The smallest absolute Gasteiger partial charge is 0.121 e. The molecule has 0 unspecified atom stereocenters. The first-order valence-corrected chi connectivity index (χ1v) is 6.32. The predicted molar refractivity (Wildman–Crippen MR) is 71.0 cm³/mol. The van der Waals surface area contributed by atoms with Gasteiger partial charge >= 0.3 is 0 Å². The van der Waals surface area contributed by atoms with Crippen LogP contribution in [-0.4, -0.2) is 26.8 Å². The van der Waals surface area contributed by atoms with E-state index in [0.717, 1.165) is 10.2 Å². The third kappa shape index (κ3) is 2.46. The molecular formula is C13H15BrN2O. The number of hydrogen-bond acceptors (Lipinski definition) is 3. The molecule has 1 aliphatic rings. The van der Waals surface area contributed by atoms with E-state index in [1.54, 1.807) is 0 Å². The van der Waals surface area contributed by atoms with Crippen molar-refractivity contribution < 1.29 is 4.74 Å². The fourth-order valence-electron chi connectivity index (χ4n) is 2.07. The van der Waals surface area contributed by atoms with E-state index < -0.39 is 0 Å². The molecule has 4 heteroatoms. The fraction of sp³-hybridized carbons (Fsp3) is 0.462. The summed E-state index contributed by atoms with van der Waals surface area (Å²) in [6.07, 6.45) is 0. The molecule has 90 valence electrons. The summed E-state index contributed by atoms with van der Waals surface area (Å²) in [6.45, 7) is 3.87. The van der Waals surface area contributed by atoms with E-state index in [2.05, 4.69) is 46.0 Å². The summed E-state index contributed by atoms with van der Waals surface area (Å²) < 4.78 is 6.22. The summed E-state index contributed by atoms with van der Waals surface area (Å²) in [5.74, 6) is 0. The molecular weight excluding hydrogens is 280 g/mol. The maximum absolute atomic E-state index is 9.19. The zero-order valence-corrected chi connectivity index (χ0v) is 11.6. The Labute approximate surface area is 110 Å². The highest BCUT2D eigenvalue weighted by molar-refractivity contribution is 9.10. The van der Waals surface area contributed by atoms with E-state index in [1.165, 1.54) is 5.56 Å². The summed E-state index contributed by atoms with van der Waals surface area (Å²) in [5.41, 5.74) is 2.04. The highest BCUT2D eigenvalue weighted by Crippen LogP contribution is 2.31. The maximum Gasteiger partial charge on any atom is 0.121 e. The average Bonchev–Trinajstić information content (AvgIpc) is 2.26. The van der Waals surface area contributed by atoms with Crippen molar-refractivity contribution in [1.82, 2.24) is 0 Å². The highest BCUT2D eigenvalue weighted by atomic mass is 79.9. The lowest BCUT2D eigenvalue weighted by molar-refractivity contribution is -0.0716. The van der Waals surface area contributed by atoms with Gasteiger partial charge in [0.2, 0.25) is 0 Å². The first kappa shape index (κ1) is 12.4. The van der Waals surface area contributed by atoms with Crippen LogP contribution in [0.4, 0.5) is 5.69 Å². The molecule has 1 aliphatic heterocycles. The van der Waals surface area contributed by atoms with Gasteiger partial charge in [0.15, 0.2) is 0 Å². The van der Waals surface area contributed by atoms with Gasteiger partial charge in [-0.2, -0.15) is 5.26 Å². The molecule has 0 amide bonds. The van der Waals surface area contributed by atoms with Crippen LogP contribution in [0.25, 0.3) is 0 Å². The molecule has 17 heavy (non-hydrogen) atoms. The Morgan fingerprint density at radius 1 is 1.53 bits per heavy atom. The number of benzene rings is 1. The van der Waals surface area contributed by atoms with Gasteiger partial charge in [0.05, 0.1) is 19.3 Å². The van der Waals surface area contributed by atoms with Crippen LogP contribution in [0.3, 0.4) is 0 Å². The normalized spacial score (nSPS) is 17.1. The summed E-state index contributed by atoms with van der Waals surface area (Å²) in [5, 5.41) is 9.19. The van der Waals surface area contributed by atoms with Gasteiger partial charge in [-0.3, -0.25) is 0 Å². The third-order valence-corrected chi connectivity index (χ3v) is 3.61. The predicted octanol–water partition coefficient (Wildman–Crippen LogP) is 2.73. The van der Waals surface area contributed by atoms with Crippen LogP contribution in [0.15, 0.2) is 22.7 Å². The molecule has 0 atom stereocenters. The monoisotopic (exact) mass is 294 g/mol. The Bertz CT molecular complexity index is 463. The van der Waals surface area contributed by atoms with Gasteiger partial charge in [0, 0.05) is 23.8 Å². The lowest BCUT2D eigenvalue weighted by Crippen LogP contribution is -2.49. The van der Waals surface area contributed by atoms with Gasteiger partial charge in [-0.05, 0) is 24.6 Å². The van der Waals surface area contributed by atoms with Crippen molar-refractivity contribution in [2.24, 2.45) is 5.41 Å². The molecule has 0 bridgehead atoms. The molecule has 0 saturated carbocycles. The number of halogens is 1. The second-order valence-electron chi connectivity index (χ2n) is 4.67. The first-order valence-electron chi connectivity index (χ1n) is 5.53. The van der Waals surface area contributed by atoms with Gasteiger partial charge in [-0.15, -0.1) is 0 Å². The lowest BCUT2D eigenvalue weighted by Gasteiger charge is -2.39. The first-order chi connectivity index (χ1) is 8.06. The molecule has 2 rings (SSSR count). The van der Waals surface area contributed by atoms with E-state index in [-0.39, 0.29) is 5.41 Å². The number of nitrogens with zero attached hydrogens (tertiary/aromatic N) is 2. The lowest BCUT2D eigenvalue weighted by atomic mass is 9.87. The van der Waals surface area contributed by atoms with Crippen molar-refractivity contribution in [2.75, 3.05) is 31.7 Å². The zero-order valence-electron chi connectivity index (χ0n) is 10.0. The fourth-order valence-corrected chi connectivity index (χ4v) is 2.42. The number of ether oxygens (including phenoxy) is 1. The topological polar surface area (TPSA) is 36.3 Å². The van der Waals surface area contributed by atoms with Crippen LogP contribution < -0.4 is 4.90 Å². The van der Waals surface area contributed by atoms with Crippen molar-refractivity contribution >= 4 is 21.6 Å². The molecule has 1 aromatic rings. The molecule has 1 saturated heterocycles. The van der Waals surface area contributed by atoms with Crippen molar-refractivity contribution in [1.29, 1.82) is 5.26 Å². The van der Waals surface area contributed by atoms with Crippen LogP contribution in [0.1, 0.15) is 5.56 Å². The molecule has 1 aromatic carbocycles. The van der Waals surface area contributed by atoms with Gasteiger partial charge in [0.25, 0.3) is 0 Å². The van der Waals surface area contributed by atoms with Crippen molar-refractivity contribution in [3.63, 3.8) is 0 Å². The minimum Gasteiger partial charge on any atom is -0.378 e. The molecule has 0 aromatic heterocycles. The number of anilines is 1. The largest absolute Gasteiger partial charge is 0.378 e. The van der Waals surface area contributed by atoms with Crippen LogP contribution in [0.2, 0.25) is 0 Å². The Morgan fingerprint density at radius 3 is 2.76 bits per heavy atom. The van der Waals surface area contributed by atoms with Crippen LogP contribution >= 0.6 is 15.9 Å². The second-order valence-corrected chi connectivity index (χ2v) is 5.59. The van der Waals surface area contributed by atoms with Gasteiger partial charge in [-0.1, -0.05) is 22.0 Å². The summed E-state index contributed by atoms with van der Waals surface area (Å²) in [4.78, 5) is 2.13. The zero-order chi connectivity index (χ0) is 12.5. The van der Waals surface area contributed by atoms with Crippen LogP contribution in [0, 0.1) is 23.7 Å². The highest BCUT2D eigenvalue weighted by Gasteiger charge is 2.40. The SMILES string of the molecule is Cc1ccc(Br)cc1N(C)CC1(C#N)COC1. The number of rotatable bonds is 3. The van der Waals surface area contributed by atoms with Crippen LogP contribution in [-0.2, 0) is 4.74 Å². The number of hydrogen-bond donors (Lipinski definition) is 0. The standard InChI is InChI=1S/C13H15BrN2O/c1-10-3-4-11(14)5-12(10)16(2)7-13(6-15)8-17-9-13/h3-5H,7-9H2,1-2H3. The molecule has 1 heterocycles. The Hall–Kier alpha value is -1.05. The van der Waals surface area contributed by atoms with E-state index >= 15 is 0 Å². The van der Waals surface area contributed by atoms with Gasteiger partial charge in [0.1, 0.15) is 5.41 Å². The minimum atomic E-state index is -0.330. The molecule has 0 radical (unpaired) electrons. The Kier molecular flexibility index (Phi) is 3.41. The van der Waals surface area contributed by atoms with E-state index in [9.17, 15) is 5.26 Å². The summed E-state index contributed by atoms with van der Waals surface area (Å²) in [6, 6.07) is 8.56. The van der Waals surface area contributed by atoms with Crippen molar-refractivity contribution in [2.45, 2.75) is 6.92 Å². The Morgan fingerprint density at radius 2 is 2.24 bits per heavy atom. The van der Waals surface area contributed by atoms with Crippen molar-refractivity contribution in [3.05, 3.63) is 28.2 Å².